The van der Waals surface area contributed by atoms with E-state index in [-0.39, 0.29) is 11.7 Å². The Balaban J connectivity index is 2.76. The molecular weight excluding hydrogens is 249 g/mol. The fraction of sp³-hybridized carbons (Fsp3) is 0.300. The molecule has 14 heavy (non-hydrogen) atoms. The average molecular weight is 258 g/mol. The first-order valence-corrected chi connectivity index (χ1v) is 5.04. The lowest BCUT2D eigenvalue weighted by Gasteiger charge is -2.16. The minimum Gasteiger partial charge on any atom is -0.323 e. The van der Waals surface area contributed by atoms with Gasteiger partial charge >= 0.3 is 0 Å². The van der Waals surface area contributed by atoms with Crippen molar-refractivity contribution in [2.24, 2.45) is 0 Å². The van der Waals surface area contributed by atoms with Gasteiger partial charge in [-0.3, -0.25) is 4.79 Å². The second kappa shape index (κ2) is 2.79. The largest absolute Gasteiger partial charge is 0.323 e. The van der Waals surface area contributed by atoms with Gasteiger partial charge in [-0.05, 0) is 26.0 Å². The molecule has 0 spiro atoms. The highest BCUT2D eigenvalue weighted by atomic mass is 79.9. The Labute approximate surface area is 89.6 Å². The molecule has 1 aliphatic heterocycles. The first-order chi connectivity index (χ1) is 6.44. The average Bonchev–Trinajstić information content (AvgIpc) is 2.33. The summed E-state index contributed by atoms with van der Waals surface area (Å²) >= 11 is 3.33. The van der Waals surface area contributed by atoms with Gasteiger partial charge in [0.2, 0.25) is 5.91 Å². The maximum absolute atomic E-state index is 13.4. The van der Waals surface area contributed by atoms with Crippen LogP contribution in [0.3, 0.4) is 0 Å². The van der Waals surface area contributed by atoms with E-state index in [1.54, 1.807) is 19.9 Å². The number of anilines is 1. The zero-order valence-electron chi connectivity index (χ0n) is 7.82. The third-order valence-corrected chi connectivity index (χ3v) is 3.20. The van der Waals surface area contributed by atoms with Crippen molar-refractivity contribution in [1.82, 2.24) is 0 Å². The van der Waals surface area contributed by atoms with Crippen LogP contribution in [0.1, 0.15) is 19.4 Å². The van der Waals surface area contributed by atoms with E-state index in [1.165, 1.54) is 6.07 Å². The molecule has 0 radical (unpaired) electrons. The Morgan fingerprint density at radius 2 is 2.07 bits per heavy atom. The molecule has 2 nitrogen and oxygen atoms in total. The molecule has 0 saturated carbocycles. The first kappa shape index (κ1) is 9.65. The highest BCUT2D eigenvalue weighted by molar-refractivity contribution is 9.10. The topological polar surface area (TPSA) is 29.1 Å². The highest BCUT2D eigenvalue weighted by Crippen LogP contribution is 2.42. The van der Waals surface area contributed by atoms with Gasteiger partial charge in [0.05, 0.1) is 11.1 Å². The lowest BCUT2D eigenvalue weighted by atomic mass is 9.86. The van der Waals surface area contributed by atoms with Crippen LogP contribution < -0.4 is 5.32 Å². The number of rotatable bonds is 0. The van der Waals surface area contributed by atoms with Crippen LogP contribution in [0.5, 0.6) is 0 Å². The summed E-state index contributed by atoms with van der Waals surface area (Å²) in [7, 11) is 0. The second-order valence-electron chi connectivity index (χ2n) is 3.86. The summed E-state index contributed by atoms with van der Waals surface area (Å²) in [4.78, 5) is 11.6. The number of nitrogens with one attached hydrogen (secondary N) is 1. The van der Waals surface area contributed by atoms with Crippen molar-refractivity contribution in [2.75, 3.05) is 5.32 Å². The van der Waals surface area contributed by atoms with Crippen LogP contribution in [-0.4, -0.2) is 5.91 Å². The maximum atomic E-state index is 13.4. The van der Waals surface area contributed by atoms with Crippen molar-refractivity contribution in [3.05, 3.63) is 28.0 Å². The number of halogens is 2. The van der Waals surface area contributed by atoms with Gasteiger partial charge < -0.3 is 5.32 Å². The summed E-state index contributed by atoms with van der Waals surface area (Å²) in [6.45, 7) is 3.55. The Morgan fingerprint density at radius 1 is 1.43 bits per heavy atom. The van der Waals surface area contributed by atoms with E-state index in [0.717, 1.165) is 4.47 Å². The monoisotopic (exact) mass is 257 g/mol. The Morgan fingerprint density at radius 3 is 2.64 bits per heavy atom. The fourth-order valence-corrected chi connectivity index (χ4v) is 2.49. The summed E-state index contributed by atoms with van der Waals surface area (Å²) in [6.07, 6.45) is 0. The van der Waals surface area contributed by atoms with Crippen LogP contribution in [-0.2, 0) is 10.2 Å². The SMILES string of the molecule is CC1(C)C(=O)Nc2c(F)ccc(Br)c21. The van der Waals surface area contributed by atoms with Gasteiger partial charge in [0.1, 0.15) is 5.82 Å². The smallest absolute Gasteiger partial charge is 0.234 e. The van der Waals surface area contributed by atoms with Gasteiger partial charge in [0.25, 0.3) is 0 Å². The van der Waals surface area contributed by atoms with Crippen molar-refractivity contribution >= 4 is 27.5 Å². The van der Waals surface area contributed by atoms with E-state index in [4.69, 9.17) is 0 Å². The quantitative estimate of drug-likeness (QED) is 0.761. The van der Waals surface area contributed by atoms with Gasteiger partial charge in [-0.15, -0.1) is 0 Å². The van der Waals surface area contributed by atoms with Crippen molar-refractivity contribution in [3.63, 3.8) is 0 Å². The summed E-state index contributed by atoms with van der Waals surface area (Å²) in [5.41, 5.74) is 0.327. The molecule has 4 heteroatoms. The summed E-state index contributed by atoms with van der Waals surface area (Å²) in [6, 6.07) is 2.96. The lowest BCUT2D eigenvalue weighted by molar-refractivity contribution is -0.119. The lowest BCUT2D eigenvalue weighted by Crippen LogP contribution is -2.27. The molecular formula is C10H9BrFNO. The van der Waals surface area contributed by atoms with Crippen LogP contribution in [0.2, 0.25) is 0 Å². The summed E-state index contributed by atoms with van der Waals surface area (Å²) in [5.74, 6) is -0.555. The number of hydrogen-bond donors (Lipinski definition) is 1. The summed E-state index contributed by atoms with van der Waals surface area (Å²) in [5, 5.41) is 2.55. The molecule has 74 valence electrons. The van der Waals surface area contributed by atoms with Crippen LogP contribution in [0.15, 0.2) is 16.6 Å². The number of fused-ring (bicyclic) bond motifs is 1. The van der Waals surface area contributed by atoms with Gasteiger partial charge in [-0.1, -0.05) is 15.9 Å². The normalized spacial score (nSPS) is 17.9. The molecule has 0 atom stereocenters. The Kier molecular flexibility index (Phi) is 1.93. The molecule has 1 aromatic rings. The van der Waals surface area contributed by atoms with Gasteiger partial charge in [0.15, 0.2) is 0 Å². The standard InChI is InChI=1S/C10H9BrFNO/c1-10(2)7-5(11)3-4-6(12)8(7)13-9(10)14/h3-4H,1-2H3,(H,13,14). The van der Waals surface area contributed by atoms with Gasteiger partial charge in [-0.2, -0.15) is 0 Å². The predicted octanol–water partition coefficient (Wildman–Crippen LogP) is 2.82. The fourth-order valence-electron chi connectivity index (χ4n) is 1.67. The number of amides is 1. The second-order valence-corrected chi connectivity index (χ2v) is 4.71. The zero-order valence-corrected chi connectivity index (χ0v) is 9.40. The van der Waals surface area contributed by atoms with E-state index in [9.17, 15) is 9.18 Å². The van der Waals surface area contributed by atoms with Gasteiger partial charge in [-0.25, -0.2) is 4.39 Å². The van der Waals surface area contributed by atoms with E-state index in [1.807, 2.05) is 0 Å². The minimum absolute atomic E-state index is 0.168. The molecule has 1 aliphatic rings. The molecule has 2 rings (SSSR count). The zero-order chi connectivity index (χ0) is 10.5. The third kappa shape index (κ3) is 1.10. The number of hydrogen-bond acceptors (Lipinski definition) is 1. The van der Waals surface area contributed by atoms with Crippen molar-refractivity contribution < 1.29 is 9.18 Å². The maximum Gasteiger partial charge on any atom is 0.234 e. The molecule has 1 aromatic carbocycles. The number of benzene rings is 1. The molecule has 0 aliphatic carbocycles. The summed E-state index contributed by atoms with van der Waals surface area (Å²) < 4.78 is 14.1. The molecule has 1 N–H and O–H groups in total. The van der Waals surface area contributed by atoms with E-state index < -0.39 is 5.41 Å². The van der Waals surface area contributed by atoms with E-state index in [0.29, 0.717) is 11.3 Å². The number of carbonyl (C=O) groups excluding carboxylic acids is 1. The molecule has 0 saturated heterocycles. The van der Waals surface area contributed by atoms with Crippen LogP contribution in [0, 0.1) is 5.82 Å². The Bertz CT molecular complexity index is 428. The van der Waals surface area contributed by atoms with Crippen LogP contribution in [0.4, 0.5) is 10.1 Å². The van der Waals surface area contributed by atoms with Crippen molar-refractivity contribution in [3.8, 4) is 0 Å². The van der Waals surface area contributed by atoms with Gasteiger partial charge in [0, 0.05) is 10.0 Å². The minimum atomic E-state index is -0.670. The first-order valence-electron chi connectivity index (χ1n) is 4.24. The number of carbonyl (C=O) groups is 1. The van der Waals surface area contributed by atoms with Crippen molar-refractivity contribution in [2.45, 2.75) is 19.3 Å². The molecule has 1 amide bonds. The van der Waals surface area contributed by atoms with E-state index >= 15 is 0 Å². The molecule has 0 bridgehead atoms. The van der Waals surface area contributed by atoms with Crippen LogP contribution in [0.25, 0.3) is 0 Å². The van der Waals surface area contributed by atoms with Crippen LogP contribution >= 0.6 is 15.9 Å². The molecule has 0 aromatic heterocycles. The van der Waals surface area contributed by atoms with Crippen molar-refractivity contribution in [1.29, 1.82) is 0 Å². The predicted molar refractivity (Wildman–Crippen MR) is 55.8 cm³/mol. The van der Waals surface area contributed by atoms with E-state index in [2.05, 4.69) is 21.2 Å². The Hall–Kier alpha value is -0.900. The molecule has 1 heterocycles. The third-order valence-electron chi connectivity index (χ3n) is 2.53. The molecule has 0 unspecified atom stereocenters. The molecule has 0 fully saturated rings. The highest BCUT2D eigenvalue weighted by Gasteiger charge is 2.41.